The van der Waals surface area contributed by atoms with Crippen LogP contribution in [-0.2, 0) is 59.1 Å². The van der Waals surface area contributed by atoms with Crippen LogP contribution in [0.2, 0.25) is 0 Å². The molecule has 1 unspecified atom stereocenters. The number of alkyl halides is 8. The third-order valence-corrected chi connectivity index (χ3v) is 25.1. The number of methoxy groups -OCH3 is 1. The number of pyridine rings is 5. The highest BCUT2D eigenvalue weighted by molar-refractivity contribution is 7.13. The average Bonchev–Trinajstić information content (AvgIpc) is 1.30. The molecule has 23 rings (SSSR count). The largest absolute Gasteiger partial charge is 0.472 e. The van der Waals surface area contributed by atoms with E-state index in [9.17, 15) is 54.3 Å². The molecule has 11 aromatic heterocycles. The molecule has 15 heterocycles. The van der Waals surface area contributed by atoms with Gasteiger partial charge < -0.3 is 23.7 Å². The predicted molar refractivity (Wildman–Crippen MR) is 515 cm³/mol. The van der Waals surface area contributed by atoms with E-state index < -0.39 is 52.1 Å². The molecular formula is C98H81F8N23O9S2. The summed E-state index contributed by atoms with van der Waals surface area (Å²) in [5.41, 5.74) is 13.4. The maximum atomic E-state index is 14.0. The zero-order valence-corrected chi connectivity index (χ0v) is 76.6. The quantitative estimate of drug-likeness (QED) is 0.0604. The van der Waals surface area contributed by atoms with E-state index in [4.69, 9.17) is 23.7 Å². The number of aryl methyl sites for hydroxylation is 4. The van der Waals surface area contributed by atoms with Crippen molar-refractivity contribution in [1.82, 2.24) is 72.8 Å². The number of carbonyl (C=O) groups is 4. The Bertz CT molecular complexity index is 7620. The first-order chi connectivity index (χ1) is 67.8. The molecule has 0 bridgehead atoms. The number of benzene rings is 7. The van der Waals surface area contributed by atoms with Crippen LogP contribution in [0.3, 0.4) is 0 Å². The molecule has 18 aromatic rings. The number of anilines is 11. The smallest absolute Gasteiger partial charge is 0.335 e. The van der Waals surface area contributed by atoms with Gasteiger partial charge in [-0.25, -0.2) is 73.9 Å². The lowest BCUT2D eigenvalue weighted by atomic mass is 9.99. The third kappa shape index (κ3) is 18.9. The molecule has 5 aliphatic rings. The Balaban J connectivity index is 0.000000115. The Hall–Kier alpha value is -16.4. The van der Waals surface area contributed by atoms with E-state index in [1.807, 2.05) is 192 Å². The van der Waals surface area contributed by atoms with Crippen LogP contribution in [0.15, 0.2) is 242 Å². The third-order valence-electron chi connectivity index (χ3n) is 23.7. The molecular weight excluding hydrogens is 1860 g/mol. The maximum Gasteiger partial charge on any atom is 0.335 e. The molecule has 7 aromatic carbocycles. The molecule has 1 atom stereocenters. The summed E-state index contributed by atoms with van der Waals surface area (Å²) in [4.78, 5) is 90.4. The Morgan fingerprint density at radius 3 is 1.10 bits per heavy atom. The summed E-state index contributed by atoms with van der Waals surface area (Å²) < 4.78 is 144. The van der Waals surface area contributed by atoms with Gasteiger partial charge in [-0.2, -0.15) is 49.1 Å². The van der Waals surface area contributed by atoms with Crippen molar-refractivity contribution in [3.8, 4) is 23.5 Å². The summed E-state index contributed by atoms with van der Waals surface area (Å²) in [5, 5.41) is 25.8. The van der Waals surface area contributed by atoms with Crippen LogP contribution in [0, 0.1) is 0 Å². The van der Waals surface area contributed by atoms with Crippen LogP contribution in [0.25, 0.3) is 75.5 Å². The van der Waals surface area contributed by atoms with Gasteiger partial charge in [0.25, 0.3) is 25.7 Å². The molecule has 0 saturated heterocycles. The van der Waals surface area contributed by atoms with Crippen LogP contribution >= 0.6 is 23.1 Å². The van der Waals surface area contributed by atoms with Crippen molar-refractivity contribution in [2.75, 3.05) is 72.7 Å². The summed E-state index contributed by atoms with van der Waals surface area (Å²) >= 11 is 2.69. The van der Waals surface area contributed by atoms with E-state index in [1.165, 1.54) is 37.8 Å². The topological polar surface area (TPSA) is 302 Å². The summed E-state index contributed by atoms with van der Waals surface area (Å²) in [6, 6.07) is 55.0. The number of urea groups is 4. The van der Waals surface area contributed by atoms with Gasteiger partial charge in [0.05, 0.1) is 87.1 Å². The van der Waals surface area contributed by atoms with Crippen molar-refractivity contribution in [2.24, 2.45) is 28.2 Å². The number of hydrogen-bond donors (Lipinski definition) is 0. The summed E-state index contributed by atoms with van der Waals surface area (Å²) in [6.07, 6.45) is 4.68. The lowest BCUT2D eigenvalue weighted by Crippen LogP contribution is -2.48. The minimum Gasteiger partial charge on any atom is -0.472 e. The van der Waals surface area contributed by atoms with E-state index in [0.717, 1.165) is 116 Å². The fourth-order valence-electron chi connectivity index (χ4n) is 17.2. The summed E-state index contributed by atoms with van der Waals surface area (Å²) in [5.74, 6) is 1.61. The molecule has 0 saturated carbocycles. The lowest BCUT2D eigenvalue weighted by molar-refractivity contribution is 0.0794. The molecule has 710 valence electrons. The number of amides is 8. The number of halogens is 8. The molecule has 4 aliphatic heterocycles. The van der Waals surface area contributed by atoms with Gasteiger partial charge in [-0.15, -0.1) is 0 Å². The van der Waals surface area contributed by atoms with Crippen LogP contribution in [0.1, 0.15) is 41.5 Å². The number of hydrogen-bond acceptors (Lipinski definition) is 22. The van der Waals surface area contributed by atoms with Gasteiger partial charge in [-0.05, 0) is 200 Å². The fourth-order valence-corrected chi connectivity index (χ4v) is 18.5. The SMILES string of the molecule is COC1CC=C(N2C(=O)N(c3ccc4nn(C)cc4c3)Cc3ccc(OCC(F)F)nc32)CC1.Cn1cc2cc(N3Cc4ccc(OCC(F)F)nc4N(c4ccc5ncccc5c4)C3=O)ccc2n1.Cn1cc2cc(N3Cc4ccc(OCC(F)F)nc4N(c4ccc5nscc5c4)C3=O)ccc2n1.Cn1cc2cc(N3Cc4ccc(OCC(F)F)nc4N(c4ccc5sncc5c4)C3=O)ccc2n1. The standard InChI is InChI=1S/C26H20F2N6O2.2C24H18F2N6O2S.C24H25F2N5O3/c1-32-13-18-12-19(5-8-22(18)31-32)33-14-17-4-9-24(36-15-23(27)28)30-25(17)34(26(33)35)20-6-7-21-16(11-20)3-2-10-29-21;1-30-11-16-9-17(3-5-19(16)29-30)31-12-14-2-7-22(34-13-21(25)26)28-23(14)32(24(31)33)18-4-6-20-15(8-18)10-27-35-20;1-30-10-15-8-17(3-5-19(15)28-30)31-11-14-2-7-22(34-12-21(25)26)27-23(14)32(24(31)33)18-4-6-20-16(9-18)13-35-29-20;1-29-12-16-11-18(6-9-20(16)28-29)30-13-15-3-10-22(34-14-21(25)26)27-23(15)31(24(30)32)17-4-7-19(33-2)8-5-17/h2-13,23H,14-15H2,1H3;2-11,21H,12-13H2,1H3;2-10,13,21H,11-12H2,1H3;3-4,6,9-12,19,21H,5,7-8,13-14H2,1-2H3. The Morgan fingerprint density at radius 1 is 0.379 bits per heavy atom. The number of aromatic nitrogens is 15. The van der Waals surface area contributed by atoms with Gasteiger partial charge in [-0.3, -0.25) is 43.3 Å². The molecule has 0 N–H and O–H groups in total. The van der Waals surface area contributed by atoms with Gasteiger partial charge in [-0.1, -0.05) is 12.1 Å². The molecule has 140 heavy (non-hydrogen) atoms. The number of ether oxygens (including phenoxy) is 5. The predicted octanol–water partition coefficient (Wildman–Crippen LogP) is 21.1. The van der Waals surface area contributed by atoms with Crippen molar-refractivity contribution in [3.63, 3.8) is 0 Å². The van der Waals surface area contributed by atoms with Gasteiger partial charge in [0.15, 0.2) is 26.4 Å². The highest BCUT2D eigenvalue weighted by Gasteiger charge is 2.41. The van der Waals surface area contributed by atoms with Crippen LogP contribution in [-0.4, -0.2) is 162 Å². The van der Waals surface area contributed by atoms with Crippen LogP contribution in [0.4, 0.5) is 117 Å². The molecule has 8 amide bonds. The number of carbonyl (C=O) groups excluding carboxylic acids is 4. The fraction of sp³-hybridized carbons (Fsp3) is 0.214. The number of rotatable bonds is 21. The van der Waals surface area contributed by atoms with Crippen molar-refractivity contribution in [3.05, 3.63) is 265 Å². The van der Waals surface area contributed by atoms with Crippen LogP contribution < -0.4 is 58.1 Å². The zero-order valence-electron chi connectivity index (χ0n) is 75.0. The summed E-state index contributed by atoms with van der Waals surface area (Å²) in [6.45, 7) is -2.00. The number of nitrogens with zero attached hydrogens (tertiary/aromatic N) is 23. The molecule has 0 spiro atoms. The first kappa shape index (κ1) is 91.4. The second kappa shape index (κ2) is 38.7. The molecule has 42 heteroatoms. The molecule has 0 fully saturated rings. The molecule has 1 aliphatic carbocycles. The number of allylic oxidation sites excluding steroid dienone is 1. The second-order valence-electron chi connectivity index (χ2n) is 33.2. The Morgan fingerprint density at radius 2 is 0.721 bits per heavy atom. The van der Waals surface area contributed by atoms with Gasteiger partial charge >= 0.3 is 24.1 Å². The van der Waals surface area contributed by atoms with Crippen molar-refractivity contribution >= 4 is 186 Å². The minimum absolute atomic E-state index is 0.0273. The zero-order chi connectivity index (χ0) is 96.8. The normalized spacial score (nSPS) is 14.9. The van der Waals surface area contributed by atoms with Crippen LogP contribution in [0.5, 0.6) is 23.5 Å². The highest BCUT2D eigenvalue weighted by atomic mass is 32.1. The van der Waals surface area contributed by atoms with Crippen molar-refractivity contribution < 1.29 is 78.0 Å². The van der Waals surface area contributed by atoms with E-state index in [0.29, 0.717) is 76.8 Å². The Labute approximate surface area is 798 Å². The first-order valence-corrected chi connectivity index (χ1v) is 45.5. The molecule has 32 nitrogen and oxygen atoms in total. The van der Waals surface area contributed by atoms with E-state index >= 15 is 0 Å². The van der Waals surface area contributed by atoms with Crippen molar-refractivity contribution in [2.45, 2.75) is 77.2 Å². The monoisotopic (exact) mass is 1940 g/mol. The highest BCUT2D eigenvalue weighted by Crippen LogP contribution is 2.46. The molecule has 0 radical (unpaired) electrons. The van der Waals surface area contributed by atoms with E-state index in [1.54, 1.807) is 123 Å². The lowest BCUT2D eigenvalue weighted by Gasteiger charge is -2.38. The van der Waals surface area contributed by atoms with Crippen molar-refractivity contribution in [1.29, 1.82) is 0 Å². The Kier molecular flexibility index (Phi) is 25.2. The van der Waals surface area contributed by atoms with Gasteiger partial charge in [0, 0.05) is 191 Å². The van der Waals surface area contributed by atoms with E-state index in [-0.39, 0.29) is 73.4 Å². The minimum atomic E-state index is -2.63. The first-order valence-electron chi connectivity index (χ1n) is 43.9. The average molecular weight is 1940 g/mol. The maximum absolute atomic E-state index is 14.0. The van der Waals surface area contributed by atoms with Gasteiger partial charge in [0.2, 0.25) is 23.5 Å². The number of fused-ring (bicyclic) bond motifs is 11. The summed E-state index contributed by atoms with van der Waals surface area (Å²) in [7, 11) is 9.07. The van der Waals surface area contributed by atoms with E-state index in [2.05, 4.69) is 54.1 Å². The van der Waals surface area contributed by atoms with Gasteiger partial charge in [0.1, 0.15) is 23.3 Å². The second-order valence-corrected chi connectivity index (χ2v) is 34.6.